The van der Waals surface area contributed by atoms with Gasteiger partial charge in [-0.15, -0.1) is 0 Å². The molecule has 2 atom stereocenters. The molecule has 0 aromatic heterocycles. The molecule has 2 rings (SSSR count). The molecule has 1 aromatic rings. The molecule has 0 radical (unpaired) electrons. The lowest BCUT2D eigenvalue weighted by atomic mass is 10.0. The van der Waals surface area contributed by atoms with Crippen LogP contribution >= 0.6 is 0 Å². The van der Waals surface area contributed by atoms with Crippen LogP contribution in [0.4, 0.5) is 0 Å². The molecule has 0 aliphatic heterocycles. The van der Waals surface area contributed by atoms with Crippen LogP contribution < -0.4 is 0 Å². The smallest absolute Gasteiger partial charge is 0.0942 e. The molecular weight excluding hydrogens is 198 g/mol. The van der Waals surface area contributed by atoms with Crippen LogP contribution in [0.3, 0.4) is 0 Å². The van der Waals surface area contributed by atoms with Crippen LogP contribution in [-0.2, 0) is 0 Å². The molecule has 0 spiro atoms. The zero-order valence-electron chi connectivity index (χ0n) is 10.1. The van der Waals surface area contributed by atoms with Crippen LogP contribution in [0, 0.1) is 0 Å². The van der Waals surface area contributed by atoms with Gasteiger partial charge in [-0.2, -0.15) is 0 Å². The number of benzene rings is 1. The van der Waals surface area contributed by atoms with Gasteiger partial charge in [-0.1, -0.05) is 37.3 Å². The van der Waals surface area contributed by atoms with Crippen molar-refractivity contribution in [2.75, 3.05) is 6.54 Å². The number of aliphatic hydroxyl groups is 1. The predicted molar refractivity (Wildman–Crippen MR) is 66.3 cm³/mol. The van der Waals surface area contributed by atoms with Crippen molar-refractivity contribution < 1.29 is 5.11 Å². The molecule has 1 N–H and O–H groups in total. The predicted octanol–water partition coefficient (Wildman–Crippen LogP) is 2.59. The highest BCUT2D eigenvalue weighted by molar-refractivity contribution is 5.18. The minimum Gasteiger partial charge on any atom is -0.387 e. The van der Waals surface area contributed by atoms with Gasteiger partial charge in [-0.05, 0) is 31.9 Å². The lowest BCUT2D eigenvalue weighted by Crippen LogP contribution is -2.39. The number of hydrogen-bond donors (Lipinski definition) is 1. The number of likely N-dealkylation sites (N-methyl/N-ethyl adjacent to an activating group) is 1. The summed E-state index contributed by atoms with van der Waals surface area (Å²) in [6.45, 7) is 5.32. The highest BCUT2D eigenvalue weighted by Gasteiger charge is 2.33. The third-order valence-electron chi connectivity index (χ3n) is 3.50. The summed E-state index contributed by atoms with van der Waals surface area (Å²) in [7, 11) is 0. The second-order valence-corrected chi connectivity index (χ2v) is 4.66. The molecule has 2 nitrogen and oxygen atoms in total. The Hall–Kier alpha value is -0.860. The van der Waals surface area contributed by atoms with Crippen LogP contribution in [0.25, 0.3) is 0 Å². The standard InChI is InChI=1S/C14H21NO/c1-3-15(13-9-10-13)11(2)14(16)12-7-5-4-6-8-12/h4-8,11,13-14,16H,3,9-10H2,1-2H3. The Bertz CT molecular complexity index is 321. The molecular formula is C14H21NO. The maximum absolute atomic E-state index is 10.3. The van der Waals surface area contributed by atoms with E-state index in [4.69, 9.17) is 0 Å². The van der Waals surface area contributed by atoms with E-state index in [0.29, 0.717) is 6.04 Å². The molecule has 1 aliphatic rings. The van der Waals surface area contributed by atoms with Crippen LogP contribution in [0.5, 0.6) is 0 Å². The van der Waals surface area contributed by atoms with Crippen molar-refractivity contribution in [3.63, 3.8) is 0 Å². The lowest BCUT2D eigenvalue weighted by molar-refractivity contribution is 0.0561. The van der Waals surface area contributed by atoms with Crippen molar-refractivity contribution in [2.45, 2.75) is 44.9 Å². The van der Waals surface area contributed by atoms with Gasteiger partial charge >= 0.3 is 0 Å². The van der Waals surface area contributed by atoms with Crippen molar-refractivity contribution >= 4 is 0 Å². The van der Waals surface area contributed by atoms with Gasteiger partial charge in [0.25, 0.3) is 0 Å². The maximum atomic E-state index is 10.3. The van der Waals surface area contributed by atoms with Crippen LogP contribution in [0.1, 0.15) is 38.4 Å². The van der Waals surface area contributed by atoms with Crippen LogP contribution in [0.2, 0.25) is 0 Å². The van der Waals surface area contributed by atoms with Gasteiger partial charge in [-0.3, -0.25) is 4.90 Å². The minimum atomic E-state index is -0.373. The summed E-state index contributed by atoms with van der Waals surface area (Å²) in [5.74, 6) is 0. The minimum absolute atomic E-state index is 0.208. The second-order valence-electron chi connectivity index (χ2n) is 4.66. The van der Waals surface area contributed by atoms with E-state index in [1.165, 1.54) is 12.8 Å². The Morgan fingerprint density at radius 1 is 1.31 bits per heavy atom. The normalized spacial score (nSPS) is 19.8. The summed E-state index contributed by atoms with van der Waals surface area (Å²) in [4.78, 5) is 2.41. The monoisotopic (exact) mass is 219 g/mol. The van der Waals surface area contributed by atoms with E-state index in [0.717, 1.165) is 12.1 Å². The second kappa shape index (κ2) is 4.98. The van der Waals surface area contributed by atoms with Gasteiger partial charge in [0.1, 0.15) is 0 Å². The molecule has 16 heavy (non-hydrogen) atoms. The van der Waals surface area contributed by atoms with Gasteiger partial charge in [0.15, 0.2) is 0 Å². The van der Waals surface area contributed by atoms with E-state index in [9.17, 15) is 5.11 Å². The average Bonchev–Trinajstić information content (AvgIpc) is 3.14. The summed E-state index contributed by atoms with van der Waals surface area (Å²) in [5.41, 5.74) is 1.02. The highest BCUT2D eigenvalue weighted by Crippen LogP contribution is 2.32. The molecule has 1 saturated carbocycles. The van der Waals surface area contributed by atoms with Crippen molar-refractivity contribution in [1.82, 2.24) is 4.90 Å². The fraction of sp³-hybridized carbons (Fsp3) is 0.571. The Labute approximate surface area is 97.9 Å². The number of nitrogens with zero attached hydrogens (tertiary/aromatic N) is 1. The highest BCUT2D eigenvalue weighted by atomic mass is 16.3. The number of aliphatic hydroxyl groups excluding tert-OH is 1. The van der Waals surface area contributed by atoms with Crippen molar-refractivity contribution in [3.05, 3.63) is 35.9 Å². The van der Waals surface area contributed by atoms with Crippen molar-refractivity contribution in [2.24, 2.45) is 0 Å². The Kier molecular flexibility index (Phi) is 3.62. The fourth-order valence-electron chi connectivity index (χ4n) is 2.39. The van der Waals surface area contributed by atoms with E-state index in [1.807, 2.05) is 30.3 Å². The van der Waals surface area contributed by atoms with E-state index in [1.54, 1.807) is 0 Å². The lowest BCUT2D eigenvalue weighted by Gasteiger charge is -2.31. The van der Waals surface area contributed by atoms with Gasteiger partial charge < -0.3 is 5.11 Å². The Balaban J connectivity index is 2.05. The summed E-state index contributed by atoms with van der Waals surface area (Å²) in [5, 5.41) is 10.3. The quantitative estimate of drug-likeness (QED) is 0.823. The molecule has 0 bridgehead atoms. The zero-order chi connectivity index (χ0) is 11.5. The largest absolute Gasteiger partial charge is 0.387 e. The summed E-state index contributed by atoms with van der Waals surface area (Å²) >= 11 is 0. The van der Waals surface area contributed by atoms with Gasteiger partial charge in [0.2, 0.25) is 0 Å². The van der Waals surface area contributed by atoms with Gasteiger partial charge in [-0.25, -0.2) is 0 Å². The molecule has 0 heterocycles. The average molecular weight is 219 g/mol. The van der Waals surface area contributed by atoms with Crippen molar-refractivity contribution in [1.29, 1.82) is 0 Å². The molecule has 1 aliphatic carbocycles. The first-order chi connectivity index (χ1) is 7.74. The topological polar surface area (TPSA) is 23.5 Å². The first-order valence-corrected chi connectivity index (χ1v) is 6.22. The molecule has 1 fully saturated rings. The van der Waals surface area contributed by atoms with E-state index in [2.05, 4.69) is 18.7 Å². The van der Waals surface area contributed by atoms with E-state index < -0.39 is 0 Å². The summed E-state index contributed by atoms with van der Waals surface area (Å²) in [6.07, 6.45) is 2.21. The molecule has 1 aromatic carbocycles. The Morgan fingerprint density at radius 3 is 2.44 bits per heavy atom. The van der Waals surface area contributed by atoms with E-state index in [-0.39, 0.29) is 12.1 Å². The molecule has 2 unspecified atom stereocenters. The summed E-state index contributed by atoms with van der Waals surface area (Å²) < 4.78 is 0. The van der Waals surface area contributed by atoms with Crippen LogP contribution in [0.15, 0.2) is 30.3 Å². The van der Waals surface area contributed by atoms with Gasteiger partial charge in [0, 0.05) is 12.1 Å². The third kappa shape index (κ3) is 2.45. The summed E-state index contributed by atoms with van der Waals surface area (Å²) in [6, 6.07) is 10.9. The molecule has 2 heteroatoms. The van der Waals surface area contributed by atoms with Crippen LogP contribution in [-0.4, -0.2) is 28.6 Å². The maximum Gasteiger partial charge on any atom is 0.0942 e. The van der Waals surface area contributed by atoms with E-state index >= 15 is 0 Å². The molecule has 88 valence electrons. The van der Waals surface area contributed by atoms with Crippen molar-refractivity contribution in [3.8, 4) is 0 Å². The first kappa shape index (κ1) is 11.6. The molecule has 0 amide bonds. The first-order valence-electron chi connectivity index (χ1n) is 6.22. The fourth-order valence-corrected chi connectivity index (χ4v) is 2.39. The number of hydrogen-bond acceptors (Lipinski definition) is 2. The zero-order valence-corrected chi connectivity index (χ0v) is 10.1. The molecule has 0 saturated heterocycles. The SMILES string of the molecule is CCN(C1CC1)C(C)C(O)c1ccccc1. The van der Waals surface area contributed by atoms with Gasteiger partial charge in [0.05, 0.1) is 6.10 Å². The Morgan fingerprint density at radius 2 is 1.94 bits per heavy atom. The number of rotatable bonds is 5. The third-order valence-corrected chi connectivity index (χ3v) is 3.50.